The maximum absolute atomic E-state index is 13.1. The van der Waals surface area contributed by atoms with Crippen LogP contribution < -0.4 is 10.6 Å². The Morgan fingerprint density at radius 3 is 2.46 bits per heavy atom. The average molecular weight is 379 g/mol. The standard InChI is InChI=1S/C17H22FN5O2S/c1-17(2,3)15-20-16(22-21-15)26-10-14(25)23(9-8-13(19)24)12-6-4-11(18)5-7-12/h4-7H,8-10H2,1-3H3,(H2,19,24)(H,20,21,22). The Bertz CT molecular complexity index is 770. The molecule has 7 nitrogen and oxygen atoms in total. The molecule has 0 unspecified atom stereocenters. The van der Waals surface area contributed by atoms with Crippen LogP contribution in [0.15, 0.2) is 29.4 Å². The number of aromatic amines is 1. The Morgan fingerprint density at radius 2 is 1.92 bits per heavy atom. The molecule has 1 aromatic heterocycles. The van der Waals surface area contributed by atoms with Crippen LogP contribution in [-0.4, -0.2) is 39.3 Å². The summed E-state index contributed by atoms with van der Waals surface area (Å²) >= 11 is 1.19. The number of thioether (sulfide) groups is 1. The number of H-pyrrole nitrogens is 1. The molecule has 2 aromatic rings. The zero-order valence-corrected chi connectivity index (χ0v) is 15.8. The molecule has 0 aliphatic rings. The molecule has 1 aromatic carbocycles. The first-order valence-electron chi connectivity index (χ1n) is 8.07. The fourth-order valence-electron chi connectivity index (χ4n) is 2.09. The first kappa shape index (κ1) is 19.9. The molecule has 3 N–H and O–H groups in total. The third kappa shape index (κ3) is 5.55. The van der Waals surface area contributed by atoms with Gasteiger partial charge in [0.1, 0.15) is 11.6 Å². The molecule has 0 spiro atoms. The molecular formula is C17H22FN5O2S. The lowest BCUT2D eigenvalue weighted by Gasteiger charge is -2.22. The highest BCUT2D eigenvalue weighted by molar-refractivity contribution is 7.99. The van der Waals surface area contributed by atoms with E-state index in [-0.39, 0.29) is 30.0 Å². The van der Waals surface area contributed by atoms with Gasteiger partial charge in [0.25, 0.3) is 0 Å². The minimum absolute atomic E-state index is 0.0165. The summed E-state index contributed by atoms with van der Waals surface area (Å²) < 4.78 is 13.1. The number of nitrogens with two attached hydrogens (primary N) is 1. The van der Waals surface area contributed by atoms with Gasteiger partial charge in [0.05, 0.1) is 5.75 Å². The van der Waals surface area contributed by atoms with Gasteiger partial charge in [-0.3, -0.25) is 14.7 Å². The number of amides is 2. The zero-order chi connectivity index (χ0) is 19.3. The molecule has 0 saturated carbocycles. The molecule has 0 saturated heterocycles. The lowest BCUT2D eigenvalue weighted by Crippen LogP contribution is -2.35. The van der Waals surface area contributed by atoms with Gasteiger partial charge in [-0.05, 0) is 24.3 Å². The summed E-state index contributed by atoms with van der Waals surface area (Å²) in [6, 6.07) is 5.50. The van der Waals surface area contributed by atoms with Crippen molar-refractivity contribution in [1.29, 1.82) is 0 Å². The van der Waals surface area contributed by atoms with Crippen LogP contribution in [-0.2, 0) is 15.0 Å². The zero-order valence-electron chi connectivity index (χ0n) is 15.0. The van der Waals surface area contributed by atoms with Gasteiger partial charge in [-0.2, -0.15) is 0 Å². The number of benzene rings is 1. The number of hydrogen-bond acceptors (Lipinski definition) is 5. The minimum atomic E-state index is -0.513. The van der Waals surface area contributed by atoms with Crippen molar-refractivity contribution in [3.63, 3.8) is 0 Å². The van der Waals surface area contributed by atoms with Gasteiger partial charge in [-0.15, -0.1) is 5.10 Å². The molecule has 0 aliphatic heterocycles. The highest BCUT2D eigenvalue weighted by Crippen LogP contribution is 2.22. The quantitative estimate of drug-likeness (QED) is 0.718. The molecule has 0 aliphatic carbocycles. The summed E-state index contributed by atoms with van der Waals surface area (Å²) in [5.74, 6) is -0.346. The van der Waals surface area contributed by atoms with Crippen molar-refractivity contribution in [1.82, 2.24) is 15.2 Å². The minimum Gasteiger partial charge on any atom is -0.370 e. The SMILES string of the molecule is CC(C)(C)c1nc(SCC(=O)N(CCC(N)=O)c2ccc(F)cc2)n[nH]1. The number of carbonyl (C=O) groups excluding carboxylic acids is 2. The molecule has 2 rings (SSSR count). The van der Waals surface area contributed by atoms with Crippen LogP contribution in [0.5, 0.6) is 0 Å². The maximum atomic E-state index is 13.1. The fourth-order valence-corrected chi connectivity index (χ4v) is 2.77. The second kappa shape index (κ2) is 8.31. The number of halogens is 1. The van der Waals surface area contributed by atoms with Crippen LogP contribution in [0.3, 0.4) is 0 Å². The van der Waals surface area contributed by atoms with E-state index in [0.717, 1.165) is 5.82 Å². The number of aromatic nitrogens is 3. The highest BCUT2D eigenvalue weighted by atomic mass is 32.2. The van der Waals surface area contributed by atoms with Crippen molar-refractivity contribution in [2.75, 3.05) is 17.2 Å². The largest absolute Gasteiger partial charge is 0.370 e. The number of carbonyl (C=O) groups is 2. The van der Waals surface area contributed by atoms with Crippen LogP contribution in [0.1, 0.15) is 33.0 Å². The van der Waals surface area contributed by atoms with E-state index < -0.39 is 11.7 Å². The first-order chi connectivity index (χ1) is 12.2. The molecular weight excluding hydrogens is 357 g/mol. The van der Waals surface area contributed by atoms with E-state index in [2.05, 4.69) is 15.2 Å². The number of hydrogen-bond donors (Lipinski definition) is 2. The Morgan fingerprint density at radius 1 is 1.27 bits per heavy atom. The van der Waals surface area contributed by atoms with Gasteiger partial charge in [-0.1, -0.05) is 32.5 Å². The molecule has 0 bridgehead atoms. The molecule has 26 heavy (non-hydrogen) atoms. The third-order valence-electron chi connectivity index (χ3n) is 3.52. The fraction of sp³-hybridized carbons (Fsp3) is 0.412. The van der Waals surface area contributed by atoms with Crippen molar-refractivity contribution >= 4 is 29.3 Å². The van der Waals surface area contributed by atoms with Crippen molar-refractivity contribution in [3.8, 4) is 0 Å². The van der Waals surface area contributed by atoms with Crippen molar-refractivity contribution in [2.24, 2.45) is 5.73 Å². The molecule has 140 valence electrons. The van der Waals surface area contributed by atoms with Gasteiger partial charge in [0, 0.05) is 24.1 Å². The smallest absolute Gasteiger partial charge is 0.237 e. The van der Waals surface area contributed by atoms with E-state index in [9.17, 15) is 14.0 Å². The second-order valence-corrected chi connectivity index (χ2v) is 7.69. The summed E-state index contributed by atoms with van der Waals surface area (Å²) in [6.07, 6.45) is 0.0165. The summed E-state index contributed by atoms with van der Waals surface area (Å²) in [5.41, 5.74) is 5.52. The van der Waals surface area contributed by atoms with Crippen LogP contribution in [0.4, 0.5) is 10.1 Å². The van der Waals surface area contributed by atoms with Gasteiger partial charge >= 0.3 is 0 Å². The van der Waals surface area contributed by atoms with Crippen molar-refractivity contribution < 1.29 is 14.0 Å². The monoisotopic (exact) mass is 379 g/mol. The number of anilines is 1. The molecule has 1 heterocycles. The topological polar surface area (TPSA) is 105 Å². The Hall–Kier alpha value is -2.42. The van der Waals surface area contributed by atoms with E-state index in [1.807, 2.05) is 20.8 Å². The number of nitrogens with one attached hydrogen (secondary N) is 1. The van der Waals surface area contributed by atoms with Crippen LogP contribution in [0.2, 0.25) is 0 Å². The lowest BCUT2D eigenvalue weighted by molar-refractivity contribution is -0.118. The van der Waals surface area contributed by atoms with Gasteiger partial charge in [-0.25, -0.2) is 9.37 Å². The highest BCUT2D eigenvalue weighted by Gasteiger charge is 2.21. The number of primary amides is 1. The molecule has 0 fully saturated rings. The average Bonchev–Trinajstić information content (AvgIpc) is 3.03. The van der Waals surface area contributed by atoms with E-state index in [4.69, 9.17) is 5.73 Å². The van der Waals surface area contributed by atoms with Crippen LogP contribution in [0, 0.1) is 5.82 Å². The first-order valence-corrected chi connectivity index (χ1v) is 9.05. The summed E-state index contributed by atoms with van der Waals surface area (Å²) in [7, 11) is 0. The van der Waals surface area contributed by atoms with E-state index >= 15 is 0 Å². The number of rotatable bonds is 7. The molecule has 0 atom stereocenters. The van der Waals surface area contributed by atoms with E-state index in [0.29, 0.717) is 10.8 Å². The van der Waals surface area contributed by atoms with E-state index in [1.54, 1.807) is 0 Å². The summed E-state index contributed by atoms with van der Waals surface area (Å²) in [5, 5.41) is 7.44. The maximum Gasteiger partial charge on any atom is 0.237 e. The second-order valence-electron chi connectivity index (χ2n) is 6.74. The Labute approximate surface area is 155 Å². The van der Waals surface area contributed by atoms with Crippen molar-refractivity contribution in [3.05, 3.63) is 35.9 Å². The van der Waals surface area contributed by atoms with E-state index in [1.165, 1.54) is 40.9 Å². The molecule has 9 heteroatoms. The Balaban J connectivity index is 2.07. The van der Waals surface area contributed by atoms with Gasteiger partial charge < -0.3 is 10.6 Å². The lowest BCUT2D eigenvalue weighted by atomic mass is 9.96. The summed E-state index contributed by atoms with van der Waals surface area (Å²) in [4.78, 5) is 29.5. The van der Waals surface area contributed by atoms with Crippen molar-refractivity contribution in [2.45, 2.75) is 37.8 Å². The Kier molecular flexibility index (Phi) is 6.36. The predicted molar refractivity (Wildman–Crippen MR) is 98.4 cm³/mol. The van der Waals surface area contributed by atoms with Crippen LogP contribution >= 0.6 is 11.8 Å². The summed E-state index contributed by atoms with van der Waals surface area (Å²) in [6.45, 7) is 6.15. The predicted octanol–water partition coefficient (Wildman–Crippen LogP) is 2.24. The normalized spacial score (nSPS) is 11.4. The molecule has 0 radical (unpaired) electrons. The van der Waals surface area contributed by atoms with Gasteiger partial charge in [0.15, 0.2) is 0 Å². The molecule has 2 amide bonds. The van der Waals surface area contributed by atoms with Crippen LogP contribution in [0.25, 0.3) is 0 Å². The third-order valence-corrected chi connectivity index (χ3v) is 4.35. The van der Waals surface area contributed by atoms with Gasteiger partial charge in [0.2, 0.25) is 17.0 Å². The number of nitrogens with zero attached hydrogens (tertiary/aromatic N) is 3.